The van der Waals surface area contributed by atoms with E-state index in [0.29, 0.717) is 13.2 Å². The third-order valence-corrected chi connectivity index (χ3v) is 5.20. The maximum atomic E-state index is 5.85. The zero-order valence-electron chi connectivity index (χ0n) is 16.1. The molecule has 0 spiro atoms. The Morgan fingerprint density at radius 2 is 1.81 bits per heavy atom. The Morgan fingerprint density at radius 1 is 1.07 bits per heavy atom. The Bertz CT molecular complexity index is 788. The molecule has 0 atom stereocenters. The summed E-state index contributed by atoms with van der Waals surface area (Å²) in [5, 5.41) is 0. The van der Waals surface area contributed by atoms with Crippen molar-refractivity contribution in [2.45, 2.75) is 19.9 Å². The zero-order valence-corrected chi connectivity index (χ0v) is 16.1. The highest BCUT2D eigenvalue weighted by atomic mass is 16.5. The smallest absolute Gasteiger partial charge is 0.164 e. The highest BCUT2D eigenvalue weighted by Gasteiger charge is 2.22. The van der Waals surface area contributed by atoms with E-state index in [0.717, 1.165) is 67.8 Å². The van der Waals surface area contributed by atoms with Crippen molar-refractivity contribution in [1.82, 2.24) is 9.88 Å². The predicted octanol–water partition coefficient (Wildman–Crippen LogP) is 2.88. The van der Waals surface area contributed by atoms with Gasteiger partial charge in [0, 0.05) is 57.0 Å². The second-order valence-corrected chi connectivity index (χ2v) is 7.07. The minimum absolute atomic E-state index is 0.685. The number of hydrogen-bond donors (Lipinski definition) is 0. The van der Waals surface area contributed by atoms with Crippen molar-refractivity contribution in [1.29, 1.82) is 0 Å². The molecule has 0 unspecified atom stereocenters. The Labute approximate surface area is 160 Å². The van der Waals surface area contributed by atoms with E-state index in [9.17, 15) is 0 Å². The van der Waals surface area contributed by atoms with Gasteiger partial charge in [-0.2, -0.15) is 0 Å². The number of rotatable bonds is 4. The minimum Gasteiger partial charge on any atom is -0.496 e. The molecule has 1 fully saturated rings. The lowest BCUT2D eigenvalue weighted by Crippen LogP contribution is -2.46. The molecule has 1 aromatic carbocycles. The number of nitrogens with zero attached hydrogens (tertiary/aromatic N) is 3. The second kappa shape index (κ2) is 8.05. The second-order valence-electron chi connectivity index (χ2n) is 7.07. The van der Waals surface area contributed by atoms with Crippen LogP contribution < -0.4 is 19.1 Å². The van der Waals surface area contributed by atoms with E-state index >= 15 is 0 Å². The fourth-order valence-electron chi connectivity index (χ4n) is 3.71. The Hall–Kier alpha value is -2.47. The molecule has 0 aliphatic carbocycles. The van der Waals surface area contributed by atoms with E-state index in [1.807, 2.05) is 18.3 Å². The summed E-state index contributed by atoms with van der Waals surface area (Å²) in [6.07, 6.45) is 2.78. The van der Waals surface area contributed by atoms with E-state index in [2.05, 4.69) is 33.8 Å². The van der Waals surface area contributed by atoms with E-state index < -0.39 is 0 Å². The monoisotopic (exact) mass is 369 g/mol. The topological polar surface area (TPSA) is 47.1 Å². The van der Waals surface area contributed by atoms with Crippen molar-refractivity contribution >= 4 is 5.82 Å². The van der Waals surface area contributed by atoms with Crippen LogP contribution in [0.25, 0.3) is 0 Å². The lowest BCUT2D eigenvalue weighted by molar-refractivity contribution is 0.244. The lowest BCUT2D eigenvalue weighted by atomic mass is 10.1. The number of methoxy groups -OCH3 is 1. The molecular formula is C21H27N3O3. The van der Waals surface area contributed by atoms with Gasteiger partial charge in [-0.3, -0.25) is 4.90 Å². The zero-order chi connectivity index (χ0) is 18.6. The average molecular weight is 369 g/mol. The van der Waals surface area contributed by atoms with Crippen LogP contribution in [0.1, 0.15) is 17.5 Å². The van der Waals surface area contributed by atoms with E-state index in [1.54, 1.807) is 7.11 Å². The Morgan fingerprint density at radius 3 is 2.52 bits per heavy atom. The third-order valence-electron chi connectivity index (χ3n) is 5.20. The number of fused-ring (bicyclic) bond motifs is 1. The number of aryl methyl sites for hydroxylation is 1. The first-order valence-electron chi connectivity index (χ1n) is 9.60. The first-order valence-corrected chi connectivity index (χ1v) is 9.60. The van der Waals surface area contributed by atoms with Crippen LogP contribution >= 0.6 is 0 Å². The van der Waals surface area contributed by atoms with Gasteiger partial charge >= 0.3 is 0 Å². The average Bonchev–Trinajstić information content (AvgIpc) is 2.93. The van der Waals surface area contributed by atoms with Crippen LogP contribution in [-0.2, 0) is 6.54 Å². The van der Waals surface area contributed by atoms with Gasteiger partial charge in [0.2, 0.25) is 0 Å². The molecule has 144 valence electrons. The maximum absolute atomic E-state index is 5.85. The van der Waals surface area contributed by atoms with Crippen molar-refractivity contribution in [2.75, 3.05) is 51.4 Å². The van der Waals surface area contributed by atoms with Crippen molar-refractivity contribution in [3.63, 3.8) is 0 Å². The van der Waals surface area contributed by atoms with Crippen LogP contribution in [0.5, 0.6) is 17.2 Å². The first-order chi connectivity index (χ1) is 13.2. The number of anilines is 1. The minimum atomic E-state index is 0.685. The molecule has 2 aliphatic heterocycles. The summed E-state index contributed by atoms with van der Waals surface area (Å²) < 4.78 is 17.2. The highest BCUT2D eigenvalue weighted by Crippen LogP contribution is 2.37. The van der Waals surface area contributed by atoms with Crippen molar-refractivity contribution in [3.05, 3.63) is 41.6 Å². The summed E-state index contributed by atoms with van der Waals surface area (Å²) >= 11 is 0. The molecule has 0 bridgehead atoms. The molecule has 6 nitrogen and oxygen atoms in total. The fourth-order valence-corrected chi connectivity index (χ4v) is 3.71. The van der Waals surface area contributed by atoms with E-state index in [-0.39, 0.29) is 0 Å². The molecule has 2 aliphatic rings. The summed E-state index contributed by atoms with van der Waals surface area (Å²) in [5.41, 5.74) is 2.37. The van der Waals surface area contributed by atoms with E-state index in [1.165, 1.54) is 5.56 Å². The number of ether oxygens (including phenoxy) is 3. The van der Waals surface area contributed by atoms with Gasteiger partial charge in [-0.1, -0.05) is 6.07 Å². The maximum Gasteiger partial charge on any atom is 0.164 e. The molecule has 0 saturated carbocycles. The van der Waals surface area contributed by atoms with Crippen molar-refractivity contribution in [2.24, 2.45) is 0 Å². The molecule has 27 heavy (non-hydrogen) atoms. The summed E-state index contributed by atoms with van der Waals surface area (Å²) in [5.74, 6) is 3.57. The van der Waals surface area contributed by atoms with Gasteiger partial charge < -0.3 is 19.1 Å². The predicted molar refractivity (Wildman–Crippen MR) is 105 cm³/mol. The highest BCUT2D eigenvalue weighted by molar-refractivity contribution is 5.51. The quantitative estimate of drug-likeness (QED) is 0.826. The molecule has 0 N–H and O–H groups in total. The number of piperazine rings is 1. The lowest BCUT2D eigenvalue weighted by Gasteiger charge is -2.36. The van der Waals surface area contributed by atoms with Gasteiger partial charge in [0.05, 0.1) is 20.3 Å². The van der Waals surface area contributed by atoms with Crippen LogP contribution in [0.4, 0.5) is 5.82 Å². The standard InChI is InChI=1S/C21H27N3O3/c1-16-5-3-6-22-21(16)24-9-7-23(8-10-24)15-17-13-19-20(14-18(17)25-2)27-12-4-11-26-19/h3,5-6,13-14H,4,7-12,15H2,1-2H3. The summed E-state index contributed by atoms with van der Waals surface area (Å²) in [4.78, 5) is 9.38. The Balaban J connectivity index is 1.44. The molecule has 0 radical (unpaired) electrons. The van der Waals surface area contributed by atoms with Crippen molar-refractivity contribution in [3.8, 4) is 17.2 Å². The van der Waals surface area contributed by atoms with Gasteiger partial charge in [0.1, 0.15) is 11.6 Å². The largest absolute Gasteiger partial charge is 0.496 e. The number of benzene rings is 1. The summed E-state index contributed by atoms with van der Waals surface area (Å²) in [6.45, 7) is 8.29. The fraction of sp³-hybridized carbons (Fsp3) is 0.476. The molecule has 1 aromatic heterocycles. The molecule has 4 rings (SSSR count). The van der Waals surface area contributed by atoms with Crippen LogP contribution in [0, 0.1) is 6.92 Å². The third kappa shape index (κ3) is 3.95. The van der Waals surface area contributed by atoms with Crippen LogP contribution in [0.2, 0.25) is 0 Å². The van der Waals surface area contributed by atoms with Crippen LogP contribution in [0.3, 0.4) is 0 Å². The van der Waals surface area contributed by atoms with Crippen LogP contribution in [-0.4, -0.2) is 56.4 Å². The molecule has 1 saturated heterocycles. The molecule has 2 aromatic rings. The first kappa shape index (κ1) is 17.9. The summed E-state index contributed by atoms with van der Waals surface area (Å²) in [7, 11) is 1.71. The van der Waals surface area contributed by atoms with Gasteiger partial charge in [0.15, 0.2) is 11.5 Å². The van der Waals surface area contributed by atoms with Gasteiger partial charge in [-0.05, 0) is 24.6 Å². The van der Waals surface area contributed by atoms with Crippen molar-refractivity contribution < 1.29 is 14.2 Å². The van der Waals surface area contributed by atoms with Crippen LogP contribution in [0.15, 0.2) is 30.5 Å². The number of pyridine rings is 1. The molecule has 6 heteroatoms. The molecule has 0 amide bonds. The normalized spacial score (nSPS) is 17.5. The Kier molecular flexibility index (Phi) is 5.34. The number of aromatic nitrogens is 1. The SMILES string of the molecule is COc1cc2c(cc1CN1CCN(c3ncccc3C)CC1)OCCCO2. The van der Waals surface area contributed by atoms with Gasteiger partial charge in [-0.25, -0.2) is 4.98 Å². The number of hydrogen-bond acceptors (Lipinski definition) is 6. The molecular weight excluding hydrogens is 342 g/mol. The van der Waals surface area contributed by atoms with Gasteiger partial charge in [-0.15, -0.1) is 0 Å². The van der Waals surface area contributed by atoms with E-state index in [4.69, 9.17) is 14.2 Å². The summed E-state index contributed by atoms with van der Waals surface area (Å²) in [6, 6.07) is 8.15. The molecule has 3 heterocycles. The van der Waals surface area contributed by atoms with Gasteiger partial charge in [0.25, 0.3) is 0 Å².